The first-order chi connectivity index (χ1) is 9.01. The van der Waals surface area contributed by atoms with Gasteiger partial charge < -0.3 is 14.2 Å². The van der Waals surface area contributed by atoms with E-state index in [2.05, 4.69) is 4.72 Å². The van der Waals surface area contributed by atoms with E-state index in [1.165, 1.54) is 0 Å². The standard InChI is InChI=1S/C14H21NO3S/c1-4-9-19(16)15-11-5-7-12(8-6-11)18-14(2,3)13-10-17-13/h5-8,13,15H,4,9-10H2,1-3H3. The summed E-state index contributed by atoms with van der Waals surface area (Å²) in [7, 11) is -1.00. The Balaban J connectivity index is 1.92. The highest BCUT2D eigenvalue weighted by Gasteiger charge is 2.41. The van der Waals surface area contributed by atoms with Crippen molar-refractivity contribution in [3.05, 3.63) is 24.3 Å². The monoisotopic (exact) mass is 283 g/mol. The molecule has 2 unspecified atom stereocenters. The number of benzene rings is 1. The SMILES string of the molecule is CCCS(=O)Nc1ccc(OC(C)(C)C2CO2)cc1. The molecule has 0 amide bonds. The predicted molar refractivity (Wildman–Crippen MR) is 77.8 cm³/mol. The quantitative estimate of drug-likeness (QED) is 0.783. The molecule has 0 saturated carbocycles. The van der Waals surface area contributed by atoms with Gasteiger partial charge in [-0.15, -0.1) is 0 Å². The predicted octanol–water partition coefficient (Wildman–Crippen LogP) is 2.73. The molecule has 1 N–H and O–H groups in total. The van der Waals surface area contributed by atoms with Crippen LogP contribution in [0.2, 0.25) is 0 Å². The maximum absolute atomic E-state index is 11.6. The third-order valence-corrected chi connectivity index (χ3v) is 4.21. The minimum absolute atomic E-state index is 0.183. The second-order valence-corrected chi connectivity index (χ2v) is 6.51. The van der Waals surface area contributed by atoms with Gasteiger partial charge in [0, 0.05) is 11.4 Å². The van der Waals surface area contributed by atoms with E-state index < -0.39 is 11.0 Å². The molecule has 4 nitrogen and oxygen atoms in total. The fourth-order valence-electron chi connectivity index (χ4n) is 1.78. The maximum atomic E-state index is 11.6. The molecule has 0 aromatic heterocycles. The van der Waals surface area contributed by atoms with Crippen LogP contribution >= 0.6 is 0 Å². The van der Waals surface area contributed by atoms with Crippen molar-refractivity contribution in [2.24, 2.45) is 0 Å². The topological polar surface area (TPSA) is 50.9 Å². The minimum Gasteiger partial charge on any atom is -0.485 e. The van der Waals surface area contributed by atoms with Crippen molar-refractivity contribution < 1.29 is 13.7 Å². The van der Waals surface area contributed by atoms with Crippen LogP contribution in [0.15, 0.2) is 24.3 Å². The van der Waals surface area contributed by atoms with Crippen molar-refractivity contribution in [2.45, 2.75) is 38.9 Å². The van der Waals surface area contributed by atoms with Crippen LogP contribution in [0.3, 0.4) is 0 Å². The second kappa shape index (κ2) is 5.92. The summed E-state index contributed by atoms with van der Waals surface area (Å²) < 4.78 is 25.7. The summed E-state index contributed by atoms with van der Waals surface area (Å²) in [6, 6.07) is 7.53. The molecule has 1 heterocycles. The number of ether oxygens (including phenoxy) is 2. The summed E-state index contributed by atoms with van der Waals surface area (Å²) in [5.41, 5.74) is 0.541. The van der Waals surface area contributed by atoms with E-state index in [4.69, 9.17) is 9.47 Å². The van der Waals surface area contributed by atoms with E-state index in [0.29, 0.717) is 5.75 Å². The molecule has 0 bridgehead atoms. The van der Waals surface area contributed by atoms with Crippen LogP contribution in [0.25, 0.3) is 0 Å². The van der Waals surface area contributed by atoms with Crippen LogP contribution in [0.4, 0.5) is 5.69 Å². The van der Waals surface area contributed by atoms with Crippen molar-refractivity contribution in [3.8, 4) is 5.75 Å². The number of epoxide rings is 1. The molecular weight excluding hydrogens is 262 g/mol. The van der Waals surface area contributed by atoms with Gasteiger partial charge in [0.15, 0.2) is 0 Å². The van der Waals surface area contributed by atoms with Crippen molar-refractivity contribution in [2.75, 3.05) is 17.1 Å². The Bertz CT molecular complexity index is 441. The number of nitrogens with one attached hydrogen (secondary N) is 1. The second-order valence-electron chi connectivity index (χ2n) is 5.20. The molecule has 1 saturated heterocycles. The number of rotatable bonds is 7. The normalized spacial score (nSPS) is 19.8. The summed E-state index contributed by atoms with van der Waals surface area (Å²) in [6.07, 6.45) is 1.08. The van der Waals surface area contributed by atoms with Crippen LogP contribution in [0, 0.1) is 0 Å². The van der Waals surface area contributed by atoms with E-state index in [-0.39, 0.29) is 11.7 Å². The minimum atomic E-state index is -1.00. The first kappa shape index (κ1) is 14.3. The molecule has 1 aromatic rings. The molecule has 1 aliphatic heterocycles. The van der Waals surface area contributed by atoms with Gasteiger partial charge in [-0.2, -0.15) is 0 Å². The molecule has 1 aromatic carbocycles. The molecule has 106 valence electrons. The van der Waals surface area contributed by atoms with E-state index in [9.17, 15) is 4.21 Å². The summed E-state index contributed by atoms with van der Waals surface area (Å²) in [4.78, 5) is 0. The van der Waals surface area contributed by atoms with E-state index in [1.54, 1.807) is 0 Å². The van der Waals surface area contributed by atoms with Gasteiger partial charge in [-0.3, -0.25) is 0 Å². The highest BCUT2D eigenvalue weighted by atomic mass is 32.2. The largest absolute Gasteiger partial charge is 0.485 e. The Morgan fingerprint density at radius 2 is 2.05 bits per heavy atom. The summed E-state index contributed by atoms with van der Waals surface area (Å²) in [5.74, 6) is 1.46. The molecule has 5 heteroatoms. The molecule has 0 radical (unpaired) electrons. The lowest BCUT2D eigenvalue weighted by Crippen LogP contribution is -2.34. The number of hydrogen-bond donors (Lipinski definition) is 1. The summed E-state index contributed by atoms with van der Waals surface area (Å²) in [6.45, 7) is 6.82. The van der Waals surface area contributed by atoms with Crippen molar-refractivity contribution in [1.29, 1.82) is 0 Å². The van der Waals surface area contributed by atoms with E-state index in [1.807, 2.05) is 45.0 Å². The van der Waals surface area contributed by atoms with Crippen molar-refractivity contribution in [1.82, 2.24) is 0 Å². The smallest absolute Gasteiger partial charge is 0.132 e. The Kier molecular flexibility index (Phi) is 4.47. The van der Waals surface area contributed by atoms with Crippen molar-refractivity contribution in [3.63, 3.8) is 0 Å². The van der Waals surface area contributed by atoms with Crippen LogP contribution in [-0.4, -0.2) is 28.3 Å². The Morgan fingerprint density at radius 1 is 1.42 bits per heavy atom. The van der Waals surface area contributed by atoms with Crippen LogP contribution in [0.5, 0.6) is 5.75 Å². The lowest BCUT2D eigenvalue weighted by atomic mass is 10.1. The average Bonchev–Trinajstić information content (AvgIpc) is 3.16. The Hall–Kier alpha value is -1.07. The molecule has 0 spiro atoms. The molecular formula is C14H21NO3S. The zero-order chi connectivity index (χ0) is 13.9. The highest BCUT2D eigenvalue weighted by molar-refractivity contribution is 7.86. The number of hydrogen-bond acceptors (Lipinski definition) is 3. The zero-order valence-corrected chi connectivity index (χ0v) is 12.5. The Morgan fingerprint density at radius 3 is 2.58 bits per heavy atom. The molecule has 2 atom stereocenters. The van der Waals surface area contributed by atoms with E-state index in [0.717, 1.165) is 24.5 Å². The third kappa shape index (κ3) is 4.21. The van der Waals surface area contributed by atoms with Crippen LogP contribution < -0.4 is 9.46 Å². The van der Waals surface area contributed by atoms with Crippen LogP contribution in [-0.2, 0) is 15.7 Å². The van der Waals surface area contributed by atoms with Crippen molar-refractivity contribution >= 4 is 16.7 Å². The average molecular weight is 283 g/mol. The summed E-state index contributed by atoms with van der Waals surface area (Å²) in [5, 5.41) is 0. The first-order valence-corrected chi connectivity index (χ1v) is 7.89. The third-order valence-electron chi connectivity index (χ3n) is 2.97. The molecule has 19 heavy (non-hydrogen) atoms. The van der Waals surface area contributed by atoms with Crippen LogP contribution in [0.1, 0.15) is 27.2 Å². The lowest BCUT2D eigenvalue weighted by molar-refractivity contribution is 0.0744. The van der Waals surface area contributed by atoms with Gasteiger partial charge in [0.05, 0.1) is 6.61 Å². The summed E-state index contributed by atoms with van der Waals surface area (Å²) >= 11 is 0. The Labute approximate surface area is 117 Å². The molecule has 0 aliphatic carbocycles. The fourth-order valence-corrected chi connectivity index (χ4v) is 2.65. The van der Waals surface area contributed by atoms with Gasteiger partial charge >= 0.3 is 0 Å². The zero-order valence-electron chi connectivity index (χ0n) is 11.6. The lowest BCUT2D eigenvalue weighted by Gasteiger charge is -2.24. The first-order valence-electron chi connectivity index (χ1n) is 6.57. The van der Waals surface area contributed by atoms with Gasteiger partial charge in [0.1, 0.15) is 28.4 Å². The number of anilines is 1. The van der Waals surface area contributed by atoms with Gasteiger partial charge in [-0.25, -0.2) is 4.21 Å². The highest BCUT2D eigenvalue weighted by Crippen LogP contribution is 2.30. The van der Waals surface area contributed by atoms with Gasteiger partial charge in [0.2, 0.25) is 0 Å². The molecule has 2 rings (SSSR count). The van der Waals surface area contributed by atoms with Gasteiger partial charge in [0.25, 0.3) is 0 Å². The fraction of sp³-hybridized carbons (Fsp3) is 0.571. The molecule has 1 aliphatic rings. The van der Waals surface area contributed by atoms with E-state index >= 15 is 0 Å². The maximum Gasteiger partial charge on any atom is 0.132 e. The molecule has 1 fully saturated rings. The van der Waals surface area contributed by atoms with Gasteiger partial charge in [-0.05, 0) is 44.5 Å². The van der Waals surface area contributed by atoms with Gasteiger partial charge in [-0.1, -0.05) is 6.92 Å².